The van der Waals surface area contributed by atoms with Crippen LogP contribution in [0.5, 0.6) is 0 Å². The van der Waals surface area contributed by atoms with Crippen molar-refractivity contribution in [1.82, 2.24) is 5.32 Å². The van der Waals surface area contributed by atoms with E-state index in [1.165, 1.54) is 10.4 Å². The third-order valence-electron chi connectivity index (χ3n) is 6.90. The van der Waals surface area contributed by atoms with Crippen molar-refractivity contribution < 1.29 is 14.0 Å². The molecule has 4 nitrogen and oxygen atoms in total. The molecule has 1 fully saturated rings. The average molecular weight is 482 g/mol. The van der Waals surface area contributed by atoms with Gasteiger partial charge in [-0.2, -0.15) is 0 Å². The Morgan fingerprint density at radius 2 is 1.44 bits per heavy atom. The van der Waals surface area contributed by atoms with Crippen LogP contribution in [0.15, 0.2) is 60.7 Å². The third-order valence-corrected chi connectivity index (χ3v) is 12.0. The van der Waals surface area contributed by atoms with Gasteiger partial charge in [0.15, 0.2) is 0 Å². The summed E-state index contributed by atoms with van der Waals surface area (Å²) in [6.45, 7) is 14.9. The molecule has 3 rings (SSSR count). The Balaban J connectivity index is 1.89. The highest BCUT2D eigenvalue weighted by atomic mass is 28.4. The van der Waals surface area contributed by atoms with E-state index >= 15 is 0 Å². The largest absolute Gasteiger partial charge is 0.444 e. The number of alkyl carbamates (subject to hydrolysis) is 1. The standard InChI is InChI=1S/C29H43NO3Si/c1-8-22-21-23(30-27(31)32-28(2,3)4)19-20-26(22)33-34(29(5,6)7,24-15-11-9-12-16-24)25-17-13-10-14-18-25/h9-18,22-23,26H,8,19-21H2,1-7H3,(H,30,31)/t22-,23+,26-/m1/s1. The minimum atomic E-state index is -2.59. The fourth-order valence-electron chi connectivity index (χ4n) is 5.34. The maximum absolute atomic E-state index is 12.4. The zero-order valence-corrected chi connectivity index (χ0v) is 23.1. The molecule has 0 spiro atoms. The number of ether oxygens (including phenoxy) is 1. The zero-order valence-electron chi connectivity index (χ0n) is 22.1. The van der Waals surface area contributed by atoms with E-state index in [9.17, 15) is 4.79 Å². The van der Waals surface area contributed by atoms with Crippen LogP contribution in [0.3, 0.4) is 0 Å². The SMILES string of the molecule is CC[C@@H]1C[C@@H](NC(=O)OC(C)(C)C)CC[C@H]1O[Si](c1ccccc1)(c1ccccc1)C(C)(C)C. The second-order valence-corrected chi connectivity index (χ2v) is 15.9. The molecule has 1 amide bonds. The summed E-state index contributed by atoms with van der Waals surface area (Å²) in [4.78, 5) is 12.4. The second-order valence-electron chi connectivity index (χ2n) is 11.6. The van der Waals surface area contributed by atoms with E-state index < -0.39 is 13.9 Å². The Hall–Kier alpha value is -2.11. The van der Waals surface area contributed by atoms with Gasteiger partial charge in [-0.1, -0.05) is 94.8 Å². The molecule has 34 heavy (non-hydrogen) atoms. The maximum Gasteiger partial charge on any atom is 0.407 e. The van der Waals surface area contributed by atoms with Crippen molar-refractivity contribution in [3.8, 4) is 0 Å². The zero-order chi connectivity index (χ0) is 25.0. The highest BCUT2D eigenvalue weighted by molar-refractivity contribution is 6.99. The number of nitrogens with one attached hydrogen (secondary N) is 1. The first-order chi connectivity index (χ1) is 16.0. The molecular weight excluding hydrogens is 438 g/mol. The summed E-state index contributed by atoms with van der Waals surface area (Å²) in [6, 6.07) is 21.8. The topological polar surface area (TPSA) is 47.6 Å². The molecule has 186 valence electrons. The molecule has 2 aromatic rings. The molecule has 1 aliphatic carbocycles. The van der Waals surface area contributed by atoms with Crippen LogP contribution in [-0.4, -0.2) is 32.2 Å². The number of rotatable bonds is 6. The van der Waals surface area contributed by atoms with E-state index in [0.717, 1.165) is 25.7 Å². The highest BCUT2D eigenvalue weighted by Gasteiger charge is 2.52. The molecular formula is C29H43NO3Si. The Labute approximate surface area is 207 Å². The Morgan fingerprint density at radius 1 is 0.912 bits per heavy atom. The average Bonchev–Trinajstić information content (AvgIpc) is 2.77. The first-order valence-corrected chi connectivity index (χ1v) is 14.7. The lowest BCUT2D eigenvalue weighted by Gasteiger charge is -2.48. The molecule has 3 atom stereocenters. The summed E-state index contributed by atoms with van der Waals surface area (Å²) in [5, 5.41) is 5.70. The minimum Gasteiger partial charge on any atom is -0.444 e. The fourth-order valence-corrected chi connectivity index (χ4v) is 10.1. The number of benzene rings is 2. The van der Waals surface area contributed by atoms with E-state index in [0.29, 0.717) is 5.92 Å². The van der Waals surface area contributed by atoms with Crippen LogP contribution < -0.4 is 15.7 Å². The lowest BCUT2D eigenvalue weighted by atomic mass is 9.82. The molecule has 1 aliphatic rings. The number of carbonyl (C=O) groups excluding carboxylic acids is 1. The van der Waals surface area contributed by atoms with Crippen LogP contribution in [-0.2, 0) is 9.16 Å². The van der Waals surface area contributed by atoms with E-state index in [1.807, 2.05) is 20.8 Å². The summed E-state index contributed by atoms with van der Waals surface area (Å²) >= 11 is 0. The molecule has 0 unspecified atom stereocenters. The molecule has 1 saturated carbocycles. The molecule has 1 N–H and O–H groups in total. The number of hydrogen-bond donors (Lipinski definition) is 1. The lowest BCUT2D eigenvalue weighted by Crippen LogP contribution is -2.68. The van der Waals surface area contributed by atoms with Crippen LogP contribution in [0, 0.1) is 5.92 Å². The van der Waals surface area contributed by atoms with Crippen LogP contribution in [0.2, 0.25) is 5.04 Å². The van der Waals surface area contributed by atoms with E-state index in [1.54, 1.807) is 0 Å². The normalized spacial score (nSPS) is 21.7. The second kappa shape index (κ2) is 10.7. The van der Waals surface area contributed by atoms with Gasteiger partial charge in [0.05, 0.1) is 0 Å². The van der Waals surface area contributed by atoms with Crippen molar-refractivity contribution in [2.24, 2.45) is 5.92 Å². The number of carbonyl (C=O) groups is 1. The predicted molar refractivity (Wildman–Crippen MR) is 143 cm³/mol. The number of hydrogen-bond acceptors (Lipinski definition) is 3. The predicted octanol–water partition coefficient (Wildman–Crippen LogP) is 6.04. The van der Waals surface area contributed by atoms with Crippen molar-refractivity contribution in [2.45, 2.75) is 96.9 Å². The third kappa shape index (κ3) is 6.11. The quantitative estimate of drug-likeness (QED) is 0.512. The summed E-state index contributed by atoms with van der Waals surface area (Å²) in [5.41, 5.74) is -0.488. The van der Waals surface area contributed by atoms with Gasteiger partial charge in [0.25, 0.3) is 8.32 Å². The molecule has 0 heterocycles. The van der Waals surface area contributed by atoms with Gasteiger partial charge in [-0.3, -0.25) is 0 Å². The van der Waals surface area contributed by atoms with Crippen molar-refractivity contribution in [3.63, 3.8) is 0 Å². The smallest absolute Gasteiger partial charge is 0.407 e. The monoisotopic (exact) mass is 481 g/mol. The van der Waals surface area contributed by atoms with Gasteiger partial charge in [-0.05, 0) is 61.4 Å². The molecule has 2 aromatic carbocycles. The van der Waals surface area contributed by atoms with Crippen LogP contribution in [0.4, 0.5) is 4.79 Å². The van der Waals surface area contributed by atoms with E-state index in [4.69, 9.17) is 9.16 Å². The van der Waals surface area contributed by atoms with Gasteiger partial charge in [-0.15, -0.1) is 0 Å². The van der Waals surface area contributed by atoms with Crippen molar-refractivity contribution in [2.75, 3.05) is 0 Å². The van der Waals surface area contributed by atoms with E-state index in [2.05, 4.69) is 93.7 Å². The lowest BCUT2D eigenvalue weighted by molar-refractivity contribution is 0.0385. The van der Waals surface area contributed by atoms with E-state index in [-0.39, 0.29) is 23.3 Å². The summed E-state index contributed by atoms with van der Waals surface area (Å²) in [6.07, 6.45) is 3.61. The highest BCUT2D eigenvalue weighted by Crippen LogP contribution is 2.41. The Morgan fingerprint density at radius 3 is 1.88 bits per heavy atom. The molecule has 0 saturated heterocycles. The van der Waals surface area contributed by atoms with Gasteiger partial charge in [0.2, 0.25) is 0 Å². The van der Waals surface area contributed by atoms with Gasteiger partial charge >= 0.3 is 6.09 Å². The van der Waals surface area contributed by atoms with Crippen molar-refractivity contribution >= 4 is 24.8 Å². The van der Waals surface area contributed by atoms with Gasteiger partial charge in [0.1, 0.15) is 5.60 Å². The van der Waals surface area contributed by atoms with Crippen LogP contribution in [0.25, 0.3) is 0 Å². The van der Waals surface area contributed by atoms with Crippen LogP contribution in [0.1, 0.15) is 74.1 Å². The van der Waals surface area contributed by atoms with Crippen molar-refractivity contribution in [1.29, 1.82) is 0 Å². The van der Waals surface area contributed by atoms with Gasteiger partial charge in [-0.25, -0.2) is 4.79 Å². The van der Waals surface area contributed by atoms with Gasteiger partial charge < -0.3 is 14.5 Å². The summed E-state index contributed by atoms with van der Waals surface area (Å²) in [7, 11) is -2.59. The summed E-state index contributed by atoms with van der Waals surface area (Å²) < 4.78 is 13.0. The first-order valence-electron chi connectivity index (χ1n) is 12.7. The molecule has 0 aromatic heterocycles. The van der Waals surface area contributed by atoms with Gasteiger partial charge in [0, 0.05) is 12.1 Å². The molecule has 0 aliphatic heterocycles. The Kier molecular flexibility index (Phi) is 8.30. The maximum atomic E-state index is 12.4. The molecule has 0 radical (unpaired) electrons. The minimum absolute atomic E-state index is 0.0421. The molecule has 0 bridgehead atoms. The summed E-state index contributed by atoms with van der Waals surface area (Å²) in [5.74, 6) is 0.385. The fraction of sp³-hybridized carbons (Fsp3) is 0.552. The Bertz CT molecular complexity index is 878. The molecule has 5 heteroatoms. The van der Waals surface area contributed by atoms with Crippen LogP contribution >= 0.6 is 0 Å². The number of amides is 1. The van der Waals surface area contributed by atoms with Crippen molar-refractivity contribution in [3.05, 3.63) is 60.7 Å². The first kappa shape index (κ1) is 26.5.